The van der Waals surface area contributed by atoms with Crippen molar-refractivity contribution in [3.8, 4) is 11.5 Å². The second kappa shape index (κ2) is 7.24. The molecule has 0 atom stereocenters. The van der Waals surface area contributed by atoms with E-state index in [0.29, 0.717) is 22.7 Å². The van der Waals surface area contributed by atoms with E-state index < -0.39 is 10.8 Å². The number of anilines is 1. The summed E-state index contributed by atoms with van der Waals surface area (Å²) in [5.41, 5.74) is 2.59. The molecule has 0 unspecified atom stereocenters. The van der Waals surface area contributed by atoms with E-state index in [9.17, 15) is 14.9 Å². The van der Waals surface area contributed by atoms with Crippen LogP contribution in [-0.4, -0.2) is 15.8 Å². The Morgan fingerprint density at radius 2 is 1.86 bits per heavy atom. The van der Waals surface area contributed by atoms with Crippen LogP contribution in [0.3, 0.4) is 0 Å². The number of nitro groups is 1. The van der Waals surface area contributed by atoms with E-state index in [0.717, 1.165) is 10.0 Å². The number of nitro benzene ring substituents is 1. The van der Waals surface area contributed by atoms with Crippen LogP contribution in [0.25, 0.3) is 22.6 Å². The molecule has 1 aromatic heterocycles. The van der Waals surface area contributed by atoms with E-state index in [1.54, 1.807) is 18.2 Å². The summed E-state index contributed by atoms with van der Waals surface area (Å²) in [5, 5.41) is 13.6. The summed E-state index contributed by atoms with van der Waals surface area (Å²) in [5.74, 6) is 0.0318. The van der Waals surface area contributed by atoms with Crippen LogP contribution in [-0.2, 0) is 0 Å². The smallest absolute Gasteiger partial charge is 0.270 e. The van der Waals surface area contributed by atoms with Crippen molar-refractivity contribution in [2.45, 2.75) is 0 Å². The number of hydrogen-bond donors (Lipinski definition) is 1. The highest BCUT2D eigenvalue weighted by Crippen LogP contribution is 2.27. The van der Waals surface area contributed by atoms with Gasteiger partial charge in [-0.05, 0) is 48.5 Å². The van der Waals surface area contributed by atoms with Gasteiger partial charge in [-0.25, -0.2) is 4.98 Å². The molecule has 28 heavy (non-hydrogen) atoms. The van der Waals surface area contributed by atoms with Crippen LogP contribution in [0, 0.1) is 10.1 Å². The Bertz CT molecular complexity index is 1200. The highest BCUT2D eigenvalue weighted by Gasteiger charge is 2.13. The Kier molecular flexibility index (Phi) is 4.62. The predicted molar refractivity (Wildman–Crippen MR) is 108 cm³/mol. The van der Waals surface area contributed by atoms with Gasteiger partial charge in [0, 0.05) is 33.4 Å². The van der Waals surface area contributed by atoms with Crippen molar-refractivity contribution in [2.75, 3.05) is 5.32 Å². The number of halogens is 1. The number of carbonyl (C=O) groups excluding carboxylic acids is 1. The van der Waals surface area contributed by atoms with E-state index in [-0.39, 0.29) is 11.3 Å². The Labute approximate surface area is 167 Å². The lowest BCUT2D eigenvalue weighted by Gasteiger charge is -2.04. The van der Waals surface area contributed by atoms with Crippen molar-refractivity contribution in [3.63, 3.8) is 0 Å². The normalized spacial score (nSPS) is 10.8. The molecule has 7 nitrogen and oxygen atoms in total. The van der Waals surface area contributed by atoms with Crippen LogP contribution in [0.15, 0.2) is 75.6 Å². The maximum atomic E-state index is 12.4. The molecule has 0 aliphatic carbocycles. The molecule has 4 aromatic rings. The quantitative estimate of drug-likeness (QED) is 0.339. The highest BCUT2D eigenvalue weighted by molar-refractivity contribution is 9.10. The summed E-state index contributed by atoms with van der Waals surface area (Å²) in [6.07, 6.45) is 0. The molecule has 3 aromatic carbocycles. The molecule has 0 saturated carbocycles. The van der Waals surface area contributed by atoms with Crippen molar-refractivity contribution in [2.24, 2.45) is 0 Å². The van der Waals surface area contributed by atoms with Gasteiger partial charge in [-0.3, -0.25) is 14.9 Å². The number of carbonyl (C=O) groups is 1. The van der Waals surface area contributed by atoms with Gasteiger partial charge in [-0.2, -0.15) is 0 Å². The average Bonchev–Trinajstić information content (AvgIpc) is 3.12. The second-order valence-electron chi connectivity index (χ2n) is 5.97. The molecular weight excluding hydrogens is 426 g/mol. The van der Waals surface area contributed by atoms with Gasteiger partial charge < -0.3 is 9.73 Å². The number of aromatic nitrogens is 1. The lowest BCUT2D eigenvalue weighted by molar-refractivity contribution is -0.384. The molecule has 4 rings (SSSR count). The first-order valence-corrected chi connectivity index (χ1v) is 9.01. The summed E-state index contributed by atoms with van der Waals surface area (Å²) < 4.78 is 6.72. The van der Waals surface area contributed by atoms with Crippen LogP contribution in [0.2, 0.25) is 0 Å². The van der Waals surface area contributed by atoms with E-state index in [1.165, 1.54) is 24.3 Å². The molecule has 0 bridgehead atoms. The van der Waals surface area contributed by atoms with Gasteiger partial charge in [-0.15, -0.1) is 0 Å². The molecule has 1 heterocycles. The molecule has 1 amide bonds. The molecule has 0 aliphatic heterocycles. The lowest BCUT2D eigenvalue weighted by atomic mass is 10.2. The molecule has 0 saturated heterocycles. The minimum atomic E-state index is -0.540. The summed E-state index contributed by atoms with van der Waals surface area (Å²) in [6, 6.07) is 18.2. The van der Waals surface area contributed by atoms with E-state index in [4.69, 9.17) is 4.42 Å². The monoisotopic (exact) mass is 437 g/mol. The van der Waals surface area contributed by atoms with Gasteiger partial charge in [-0.1, -0.05) is 22.0 Å². The zero-order chi connectivity index (χ0) is 19.7. The third kappa shape index (κ3) is 3.63. The van der Waals surface area contributed by atoms with Crippen LogP contribution in [0.1, 0.15) is 10.4 Å². The number of hydrogen-bond acceptors (Lipinski definition) is 5. The Morgan fingerprint density at radius 1 is 1.07 bits per heavy atom. The number of oxazole rings is 1. The van der Waals surface area contributed by atoms with Crippen LogP contribution in [0.4, 0.5) is 11.4 Å². The summed E-state index contributed by atoms with van der Waals surface area (Å²) >= 11 is 3.39. The van der Waals surface area contributed by atoms with Crippen molar-refractivity contribution in [3.05, 3.63) is 86.9 Å². The maximum Gasteiger partial charge on any atom is 0.270 e. The van der Waals surface area contributed by atoms with E-state index >= 15 is 0 Å². The maximum absolute atomic E-state index is 12.4. The van der Waals surface area contributed by atoms with Crippen molar-refractivity contribution in [1.29, 1.82) is 0 Å². The summed E-state index contributed by atoms with van der Waals surface area (Å²) in [6.45, 7) is 0. The average molecular weight is 438 g/mol. The minimum Gasteiger partial charge on any atom is -0.436 e. The molecule has 0 spiro atoms. The van der Waals surface area contributed by atoms with E-state index in [2.05, 4.69) is 26.2 Å². The molecule has 0 aliphatic rings. The SMILES string of the molecule is O=C(Nc1ccc2oc(-c3ccc(Br)cc3)nc2c1)c1cccc([N+](=O)[O-])c1. The first-order chi connectivity index (χ1) is 13.5. The second-order valence-corrected chi connectivity index (χ2v) is 6.89. The van der Waals surface area contributed by atoms with Gasteiger partial charge in [0.15, 0.2) is 5.58 Å². The molecule has 0 radical (unpaired) electrons. The molecule has 138 valence electrons. The van der Waals surface area contributed by atoms with Gasteiger partial charge in [0.25, 0.3) is 11.6 Å². The van der Waals surface area contributed by atoms with E-state index in [1.807, 2.05) is 24.3 Å². The Morgan fingerprint density at radius 3 is 2.61 bits per heavy atom. The number of rotatable bonds is 4. The Hall–Kier alpha value is -3.52. The van der Waals surface area contributed by atoms with Crippen molar-refractivity contribution >= 4 is 44.3 Å². The standard InChI is InChI=1S/C20H12BrN3O4/c21-14-6-4-12(5-7-14)20-23-17-11-15(8-9-18(17)28-20)22-19(25)13-2-1-3-16(10-13)24(26)27/h1-11H,(H,22,25). The third-order valence-corrected chi connectivity index (χ3v) is 4.58. The van der Waals surface area contributed by atoms with Crippen molar-refractivity contribution < 1.29 is 14.1 Å². The highest BCUT2D eigenvalue weighted by atomic mass is 79.9. The molecular formula is C20H12BrN3O4. The zero-order valence-electron chi connectivity index (χ0n) is 14.3. The lowest BCUT2D eigenvalue weighted by Crippen LogP contribution is -2.12. The molecule has 1 N–H and O–H groups in total. The first kappa shape index (κ1) is 17.9. The summed E-state index contributed by atoms with van der Waals surface area (Å²) in [7, 11) is 0. The molecule has 8 heteroatoms. The fraction of sp³-hybridized carbons (Fsp3) is 0. The van der Waals surface area contributed by atoms with Gasteiger partial charge in [0.1, 0.15) is 5.52 Å². The number of nitrogens with zero attached hydrogens (tertiary/aromatic N) is 2. The number of amides is 1. The van der Waals surface area contributed by atoms with Gasteiger partial charge in [0.2, 0.25) is 5.89 Å². The van der Waals surface area contributed by atoms with Crippen molar-refractivity contribution in [1.82, 2.24) is 4.98 Å². The Balaban J connectivity index is 1.59. The zero-order valence-corrected chi connectivity index (χ0v) is 15.8. The third-order valence-electron chi connectivity index (χ3n) is 4.06. The van der Waals surface area contributed by atoms with Crippen LogP contribution >= 0.6 is 15.9 Å². The minimum absolute atomic E-state index is 0.140. The van der Waals surface area contributed by atoms with Crippen LogP contribution < -0.4 is 5.32 Å². The largest absolute Gasteiger partial charge is 0.436 e. The topological polar surface area (TPSA) is 98.3 Å². The fourth-order valence-corrected chi connectivity index (χ4v) is 2.95. The summed E-state index contributed by atoms with van der Waals surface area (Å²) in [4.78, 5) is 27.2. The number of nitrogens with one attached hydrogen (secondary N) is 1. The number of non-ortho nitro benzene ring substituents is 1. The number of fused-ring (bicyclic) bond motifs is 1. The fourth-order valence-electron chi connectivity index (χ4n) is 2.69. The predicted octanol–water partition coefficient (Wildman–Crippen LogP) is 5.42. The number of benzene rings is 3. The molecule has 0 fully saturated rings. The van der Waals surface area contributed by atoms with Gasteiger partial charge >= 0.3 is 0 Å². The van der Waals surface area contributed by atoms with Crippen LogP contribution in [0.5, 0.6) is 0 Å². The first-order valence-electron chi connectivity index (χ1n) is 8.22. The van der Waals surface area contributed by atoms with Gasteiger partial charge in [0.05, 0.1) is 4.92 Å².